The van der Waals surface area contributed by atoms with Crippen LogP contribution in [0.4, 0.5) is 0 Å². The third-order valence-electron chi connectivity index (χ3n) is 5.13. The Kier molecular flexibility index (Phi) is 6.15. The Balaban J connectivity index is 1.53. The number of aliphatic hydroxyl groups is 1. The maximum Gasteiger partial charge on any atom is 0.151 e. The number of nitrogens with one attached hydrogen (secondary N) is 1. The van der Waals surface area contributed by atoms with E-state index in [9.17, 15) is 5.11 Å². The Hall–Kier alpha value is -1.37. The normalized spacial score (nSPS) is 17.9. The molecule has 138 valence electrons. The van der Waals surface area contributed by atoms with Gasteiger partial charge in [-0.3, -0.25) is 4.90 Å². The zero-order chi connectivity index (χ0) is 17.8. The second-order valence-corrected chi connectivity index (χ2v) is 7.37. The number of hydrogen-bond acceptors (Lipinski definition) is 4. The first-order valence-corrected chi connectivity index (χ1v) is 9.57. The fourth-order valence-corrected chi connectivity index (χ4v) is 3.74. The number of nitrogens with zero attached hydrogens (tertiary/aromatic N) is 4. The second kappa shape index (κ2) is 8.34. The predicted molar refractivity (Wildman–Crippen MR) is 98.4 cm³/mol. The molecular formula is C18H28ClN5O. The van der Waals surface area contributed by atoms with Crippen LogP contribution >= 0.6 is 11.6 Å². The lowest BCUT2D eigenvalue weighted by Gasteiger charge is -2.33. The molecule has 0 bridgehead atoms. The van der Waals surface area contributed by atoms with Crippen LogP contribution in [-0.4, -0.2) is 42.6 Å². The number of aryl methyl sites for hydroxylation is 2. The van der Waals surface area contributed by atoms with Crippen molar-refractivity contribution in [2.45, 2.75) is 51.7 Å². The van der Waals surface area contributed by atoms with E-state index >= 15 is 0 Å². The lowest BCUT2D eigenvalue weighted by Crippen LogP contribution is -2.35. The van der Waals surface area contributed by atoms with Gasteiger partial charge in [-0.1, -0.05) is 24.9 Å². The number of H-pyrrole nitrogens is 1. The molecule has 6 nitrogen and oxygen atoms in total. The van der Waals surface area contributed by atoms with E-state index in [-0.39, 0.29) is 5.92 Å². The molecule has 7 heteroatoms. The Morgan fingerprint density at radius 1 is 1.40 bits per heavy atom. The molecule has 25 heavy (non-hydrogen) atoms. The summed E-state index contributed by atoms with van der Waals surface area (Å²) < 4.78 is 1.90. The van der Waals surface area contributed by atoms with Gasteiger partial charge in [0.2, 0.25) is 0 Å². The molecular weight excluding hydrogens is 338 g/mol. The van der Waals surface area contributed by atoms with Gasteiger partial charge >= 0.3 is 0 Å². The lowest BCUT2D eigenvalue weighted by atomic mass is 9.90. The van der Waals surface area contributed by atoms with E-state index < -0.39 is 6.10 Å². The summed E-state index contributed by atoms with van der Waals surface area (Å²) in [7, 11) is 1.93. The molecule has 2 aromatic heterocycles. The molecule has 3 rings (SSSR count). The maximum absolute atomic E-state index is 10.6. The summed E-state index contributed by atoms with van der Waals surface area (Å²) in [5.41, 5.74) is 1.01. The number of halogens is 1. The van der Waals surface area contributed by atoms with Crippen LogP contribution in [-0.2, 0) is 20.0 Å². The molecule has 1 saturated heterocycles. The number of hydrogen-bond donors (Lipinski definition) is 2. The minimum absolute atomic E-state index is 0.259. The van der Waals surface area contributed by atoms with Gasteiger partial charge in [-0.05, 0) is 38.3 Å². The standard InChI is InChI=1S/C18H28ClN5O/c1-3-4-5-15-21-14(17(19)22-15)12-24-9-6-13(7-10-24)16(25)18-20-8-11-23(18)2/h8,11,13,16,25H,3-7,9-10,12H2,1-2H3,(H,21,22). The third kappa shape index (κ3) is 4.43. The molecule has 1 aliphatic rings. The van der Waals surface area contributed by atoms with E-state index in [1.807, 2.05) is 17.8 Å². The van der Waals surface area contributed by atoms with Gasteiger partial charge in [-0.2, -0.15) is 0 Å². The van der Waals surface area contributed by atoms with Crippen molar-refractivity contribution in [3.8, 4) is 0 Å². The van der Waals surface area contributed by atoms with Crippen LogP contribution in [0.1, 0.15) is 56.1 Å². The monoisotopic (exact) mass is 365 g/mol. The zero-order valence-electron chi connectivity index (χ0n) is 15.1. The highest BCUT2D eigenvalue weighted by atomic mass is 35.5. The highest BCUT2D eigenvalue weighted by molar-refractivity contribution is 6.30. The molecule has 0 radical (unpaired) electrons. The Morgan fingerprint density at radius 2 is 2.16 bits per heavy atom. The van der Waals surface area contributed by atoms with Gasteiger partial charge in [0.1, 0.15) is 17.8 Å². The first kappa shape index (κ1) is 18.4. The number of rotatable bonds is 7. The average molecular weight is 366 g/mol. The largest absolute Gasteiger partial charge is 0.385 e. The number of unbranched alkanes of at least 4 members (excludes halogenated alkanes) is 1. The molecule has 1 aliphatic heterocycles. The Bertz CT molecular complexity index is 675. The Morgan fingerprint density at radius 3 is 2.80 bits per heavy atom. The molecule has 1 atom stereocenters. The molecule has 0 aliphatic carbocycles. The maximum atomic E-state index is 10.6. The van der Waals surface area contributed by atoms with Crippen molar-refractivity contribution in [1.29, 1.82) is 0 Å². The van der Waals surface area contributed by atoms with Gasteiger partial charge < -0.3 is 14.7 Å². The number of aromatic nitrogens is 4. The van der Waals surface area contributed by atoms with Gasteiger partial charge in [-0.15, -0.1) is 0 Å². The van der Waals surface area contributed by atoms with Crippen molar-refractivity contribution in [3.05, 3.63) is 34.9 Å². The van der Waals surface area contributed by atoms with Crippen molar-refractivity contribution in [3.63, 3.8) is 0 Å². The number of aromatic amines is 1. The second-order valence-electron chi connectivity index (χ2n) is 7.01. The summed E-state index contributed by atoms with van der Waals surface area (Å²) in [5.74, 6) is 2.01. The van der Waals surface area contributed by atoms with E-state index in [0.29, 0.717) is 5.15 Å². The fourth-order valence-electron chi connectivity index (χ4n) is 3.53. The van der Waals surface area contributed by atoms with Gasteiger partial charge in [-0.25, -0.2) is 9.97 Å². The van der Waals surface area contributed by atoms with E-state index in [4.69, 9.17) is 11.6 Å². The Labute approximate surface area is 154 Å². The summed E-state index contributed by atoms with van der Waals surface area (Å²) >= 11 is 6.29. The first-order valence-electron chi connectivity index (χ1n) is 9.19. The van der Waals surface area contributed by atoms with Crippen LogP contribution in [0, 0.1) is 5.92 Å². The van der Waals surface area contributed by atoms with E-state index in [1.165, 1.54) is 0 Å². The lowest BCUT2D eigenvalue weighted by molar-refractivity contribution is 0.0489. The van der Waals surface area contributed by atoms with E-state index in [2.05, 4.69) is 26.8 Å². The van der Waals surface area contributed by atoms with Gasteiger partial charge in [0, 0.05) is 32.4 Å². The van der Waals surface area contributed by atoms with E-state index in [1.54, 1.807) is 6.20 Å². The van der Waals surface area contributed by atoms with Crippen LogP contribution in [0.2, 0.25) is 5.15 Å². The summed E-state index contributed by atoms with van der Waals surface area (Å²) in [4.78, 5) is 14.5. The van der Waals surface area contributed by atoms with Crippen molar-refractivity contribution < 1.29 is 5.11 Å². The molecule has 2 aromatic rings. The van der Waals surface area contributed by atoms with Crippen LogP contribution in [0.3, 0.4) is 0 Å². The van der Waals surface area contributed by atoms with Crippen LogP contribution < -0.4 is 0 Å². The molecule has 0 spiro atoms. The number of aliphatic hydroxyl groups excluding tert-OH is 1. The fraction of sp³-hybridized carbons (Fsp3) is 0.667. The summed E-state index contributed by atoms with van der Waals surface area (Å²) in [6, 6.07) is 0. The van der Waals surface area contributed by atoms with Crippen molar-refractivity contribution in [2.75, 3.05) is 13.1 Å². The molecule has 0 saturated carbocycles. The zero-order valence-corrected chi connectivity index (χ0v) is 15.8. The van der Waals surface area contributed by atoms with Gasteiger partial charge in [0.15, 0.2) is 5.15 Å². The number of imidazole rings is 2. The molecule has 1 unspecified atom stereocenters. The third-order valence-corrected chi connectivity index (χ3v) is 5.44. The molecule has 2 N–H and O–H groups in total. The average Bonchev–Trinajstić information content (AvgIpc) is 3.19. The molecule has 0 amide bonds. The SMILES string of the molecule is CCCCc1nc(Cl)c(CN2CCC(C(O)c3nccn3C)CC2)[nH]1. The molecule has 1 fully saturated rings. The minimum Gasteiger partial charge on any atom is -0.385 e. The topological polar surface area (TPSA) is 70.0 Å². The van der Waals surface area contributed by atoms with Crippen molar-refractivity contribution >= 4 is 11.6 Å². The van der Waals surface area contributed by atoms with Gasteiger partial charge in [0.05, 0.1) is 5.69 Å². The van der Waals surface area contributed by atoms with Crippen LogP contribution in [0.5, 0.6) is 0 Å². The molecule has 0 aromatic carbocycles. The van der Waals surface area contributed by atoms with Crippen LogP contribution in [0.15, 0.2) is 12.4 Å². The summed E-state index contributed by atoms with van der Waals surface area (Å²) in [6.45, 7) is 4.87. The highest BCUT2D eigenvalue weighted by Crippen LogP contribution is 2.30. The van der Waals surface area contributed by atoms with Gasteiger partial charge in [0.25, 0.3) is 0 Å². The first-order chi connectivity index (χ1) is 12.1. The summed E-state index contributed by atoms with van der Waals surface area (Å²) in [6.07, 6.45) is 8.28. The quantitative estimate of drug-likeness (QED) is 0.791. The smallest absolute Gasteiger partial charge is 0.151 e. The van der Waals surface area contributed by atoms with Crippen molar-refractivity contribution in [2.24, 2.45) is 13.0 Å². The predicted octanol–water partition coefficient (Wildman–Crippen LogP) is 3.08. The van der Waals surface area contributed by atoms with Crippen molar-refractivity contribution in [1.82, 2.24) is 24.4 Å². The van der Waals surface area contributed by atoms with E-state index in [0.717, 1.165) is 69.1 Å². The summed E-state index contributed by atoms with van der Waals surface area (Å²) in [5, 5.41) is 11.2. The van der Waals surface area contributed by atoms with Crippen LogP contribution in [0.25, 0.3) is 0 Å². The number of piperidine rings is 1. The minimum atomic E-state index is -0.487. The molecule has 3 heterocycles. The highest BCUT2D eigenvalue weighted by Gasteiger charge is 2.28. The number of likely N-dealkylation sites (tertiary alicyclic amines) is 1.